The summed E-state index contributed by atoms with van der Waals surface area (Å²) in [5, 5.41) is 9.99. The van der Waals surface area contributed by atoms with Gasteiger partial charge in [-0.2, -0.15) is 0 Å². The second kappa shape index (κ2) is 5.65. The van der Waals surface area contributed by atoms with E-state index in [1.165, 1.54) is 11.1 Å². The minimum atomic E-state index is -0.867. The molecule has 0 saturated heterocycles. The lowest BCUT2D eigenvalue weighted by atomic mass is 9.94. The van der Waals surface area contributed by atoms with Gasteiger partial charge in [0.15, 0.2) is 0 Å². The van der Waals surface area contributed by atoms with Crippen LogP contribution in [-0.4, -0.2) is 22.9 Å². The van der Waals surface area contributed by atoms with Gasteiger partial charge in [0, 0.05) is 6.42 Å². The van der Waals surface area contributed by atoms with Crippen LogP contribution in [0, 0.1) is 0 Å². The van der Waals surface area contributed by atoms with E-state index in [4.69, 9.17) is 4.74 Å². The number of aliphatic hydroxyl groups is 1. The fourth-order valence-corrected chi connectivity index (χ4v) is 2.08. The molecule has 1 heterocycles. The Morgan fingerprint density at radius 2 is 2.29 bits per heavy atom. The molecule has 96 valence electrons. The smallest absolute Gasteiger partial charge is 0.0824 e. The predicted octanol–water partition coefficient (Wildman–Crippen LogP) is 3.38. The standard InChI is InChI=1S/C15H24O2/c1-6-15(5,16)10-14-9-12(4)8-13(17-14)7-11(2)3/h6-7,9,13-14,16H,1,8,10H2,2-5H3/t13-,14-,15-/m1/s1. The zero-order chi connectivity index (χ0) is 13.1. The molecular formula is C15H24O2. The highest BCUT2D eigenvalue weighted by Crippen LogP contribution is 2.26. The SMILES string of the molecule is C=C[C@@](C)(O)C[C@H]1C=C(C)C[C@@H](C=C(C)C)O1. The van der Waals surface area contributed by atoms with Crippen molar-refractivity contribution in [1.29, 1.82) is 0 Å². The van der Waals surface area contributed by atoms with Crippen LogP contribution in [0.4, 0.5) is 0 Å². The second-order valence-corrected chi connectivity index (χ2v) is 5.44. The van der Waals surface area contributed by atoms with Crippen molar-refractivity contribution >= 4 is 0 Å². The van der Waals surface area contributed by atoms with E-state index >= 15 is 0 Å². The molecule has 2 nitrogen and oxygen atoms in total. The van der Waals surface area contributed by atoms with Crippen LogP contribution in [0.15, 0.2) is 36.0 Å². The minimum absolute atomic E-state index is 0.0302. The maximum Gasteiger partial charge on any atom is 0.0824 e. The highest BCUT2D eigenvalue weighted by atomic mass is 16.5. The van der Waals surface area contributed by atoms with Gasteiger partial charge in [0.05, 0.1) is 17.8 Å². The number of ether oxygens (including phenoxy) is 1. The summed E-state index contributed by atoms with van der Waals surface area (Å²) in [5.74, 6) is 0. The summed E-state index contributed by atoms with van der Waals surface area (Å²) >= 11 is 0. The van der Waals surface area contributed by atoms with Crippen LogP contribution in [0.25, 0.3) is 0 Å². The Labute approximate surface area is 105 Å². The number of allylic oxidation sites excluding steroid dienone is 1. The molecule has 1 N–H and O–H groups in total. The fraction of sp³-hybridized carbons (Fsp3) is 0.600. The molecule has 0 saturated carbocycles. The Bertz CT molecular complexity index is 333. The van der Waals surface area contributed by atoms with Crippen molar-refractivity contribution in [2.45, 2.75) is 58.3 Å². The fourth-order valence-electron chi connectivity index (χ4n) is 2.08. The van der Waals surface area contributed by atoms with Gasteiger partial charge in [-0.05, 0) is 34.1 Å². The third-order valence-electron chi connectivity index (χ3n) is 2.92. The Balaban J connectivity index is 2.72. The van der Waals surface area contributed by atoms with Crippen LogP contribution in [0.1, 0.15) is 40.5 Å². The van der Waals surface area contributed by atoms with Gasteiger partial charge in [0.25, 0.3) is 0 Å². The first-order valence-corrected chi connectivity index (χ1v) is 6.16. The van der Waals surface area contributed by atoms with E-state index in [2.05, 4.69) is 39.5 Å². The molecule has 0 aromatic rings. The van der Waals surface area contributed by atoms with Crippen molar-refractivity contribution in [2.24, 2.45) is 0 Å². The summed E-state index contributed by atoms with van der Waals surface area (Å²) in [4.78, 5) is 0. The van der Waals surface area contributed by atoms with Crippen LogP contribution in [-0.2, 0) is 4.74 Å². The summed E-state index contributed by atoms with van der Waals surface area (Å²) in [5.41, 5.74) is 1.72. The van der Waals surface area contributed by atoms with Gasteiger partial charge >= 0.3 is 0 Å². The number of rotatable bonds is 4. The quantitative estimate of drug-likeness (QED) is 0.758. The highest BCUT2D eigenvalue weighted by Gasteiger charge is 2.26. The largest absolute Gasteiger partial charge is 0.386 e. The van der Waals surface area contributed by atoms with E-state index in [-0.39, 0.29) is 12.2 Å². The zero-order valence-electron chi connectivity index (χ0n) is 11.4. The van der Waals surface area contributed by atoms with Gasteiger partial charge in [-0.15, -0.1) is 6.58 Å². The normalized spacial score (nSPS) is 27.9. The summed E-state index contributed by atoms with van der Waals surface area (Å²) in [7, 11) is 0. The Morgan fingerprint density at radius 3 is 2.82 bits per heavy atom. The molecule has 0 fully saturated rings. The van der Waals surface area contributed by atoms with Gasteiger partial charge in [-0.25, -0.2) is 0 Å². The van der Waals surface area contributed by atoms with E-state index < -0.39 is 5.60 Å². The molecule has 0 aromatic heterocycles. The van der Waals surface area contributed by atoms with Gasteiger partial charge < -0.3 is 9.84 Å². The van der Waals surface area contributed by atoms with Crippen molar-refractivity contribution in [3.8, 4) is 0 Å². The van der Waals surface area contributed by atoms with Crippen LogP contribution >= 0.6 is 0 Å². The van der Waals surface area contributed by atoms with Crippen LogP contribution in [0.2, 0.25) is 0 Å². The van der Waals surface area contributed by atoms with Gasteiger partial charge in [0.1, 0.15) is 0 Å². The van der Waals surface area contributed by atoms with E-state index in [1.807, 2.05) is 0 Å². The first-order chi connectivity index (χ1) is 7.82. The first-order valence-electron chi connectivity index (χ1n) is 6.16. The average molecular weight is 236 g/mol. The molecule has 0 spiro atoms. The molecule has 1 aliphatic rings. The Morgan fingerprint density at radius 1 is 1.65 bits per heavy atom. The van der Waals surface area contributed by atoms with Crippen molar-refractivity contribution in [2.75, 3.05) is 0 Å². The molecular weight excluding hydrogens is 212 g/mol. The third kappa shape index (κ3) is 4.88. The van der Waals surface area contributed by atoms with Crippen LogP contribution in [0.5, 0.6) is 0 Å². The second-order valence-electron chi connectivity index (χ2n) is 5.44. The predicted molar refractivity (Wildman–Crippen MR) is 71.9 cm³/mol. The Kier molecular flexibility index (Phi) is 4.72. The van der Waals surface area contributed by atoms with Crippen LogP contribution in [0.3, 0.4) is 0 Å². The van der Waals surface area contributed by atoms with Crippen molar-refractivity contribution in [3.05, 3.63) is 36.0 Å². The summed E-state index contributed by atoms with van der Waals surface area (Å²) in [6, 6.07) is 0. The lowest BCUT2D eigenvalue weighted by Gasteiger charge is -2.31. The maximum absolute atomic E-state index is 9.99. The number of hydrogen-bond acceptors (Lipinski definition) is 2. The molecule has 0 bridgehead atoms. The van der Waals surface area contributed by atoms with Gasteiger partial charge in [-0.3, -0.25) is 0 Å². The van der Waals surface area contributed by atoms with E-state index in [0.29, 0.717) is 6.42 Å². The molecule has 2 heteroatoms. The maximum atomic E-state index is 9.99. The van der Waals surface area contributed by atoms with Crippen molar-refractivity contribution < 1.29 is 9.84 Å². The van der Waals surface area contributed by atoms with Gasteiger partial charge in [0.2, 0.25) is 0 Å². The highest BCUT2D eigenvalue weighted by molar-refractivity contribution is 5.14. The lowest BCUT2D eigenvalue weighted by Crippen LogP contribution is -2.32. The zero-order valence-corrected chi connectivity index (χ0v) is 11.4. The van der Waals surface area contributed by atoms with Crippen LogP contribution < -0.4 is 0 Å². The van der Waals surface area contributed by atoms with E-state index in [1.54, 1.807) is 13.0 Å². The molecule has 0 aromatic carbocycles. The molecule has 1 aliphatic heterocycles. The lowest BCUT2D eigenvalue weighted by molar-refractivity contribution is -0.0158. The molecule has 0 aliphatic carbocycles. The molecule has 0 unspecified atom stereocenters. The first kappa shape index (κ1) is 14.2. The molecule has 17 heavy (non-hydrogen) atoms. The topological polar surface area (TPSA) is 29.5 Å². The van der Waals surface area contributed by atoms with E-state index in [0.717, 1.165) is 6.42 Å². The minimum Gasteiger partial charge on any atom is -0.386 e. The molecule has 0 amide bonds. The third-order valence-corrected chi connectivity index (χ3v) is 2.92. The summed E-state index contributed by atoms with van der Waals surface area (Å²) in [6.07, 6.45) is 7.43. The number of hydrogen-bond donors (Lipinski definition) is 1. The van der Waals surface area contributed by atoms with E-state index in [9.17, 15) is 5.11 Å². The summed E-state index contributed by atoms with van der Waals surface area (Å²) in [6.45, 7) is 11.7. The molecule has 0 radical (unpaired) electrons. The monoisotopic (exact) mass is 236 g/mol. The van der Waals surface area contributed by atoms with Gasteiger partial charge in [-0.1, -0.05) is 29.4 Å². The molecule has 1 rings (SSSR count). The molecule has 3 atom stereocenters. The average Bonchev–Trinajstić information content (AvgIpc) is 2.14. The Hall–Kier alpha value is -0.860. The van der Waals surface area contributed by atoms with Crippen molar-refractivity contribution in [3.63, 3.8) is 0 Å². The summed E-state index contributed by atoms with van der Waals surface area (Å²) < 4.78 is 5.94. The van der Waals surface area contributed by atoms with Crippen molar-refractivity contribution in [1.82, 2.24) is 0 Å².